The first-order valence-electron chi connectivity index (χ1n) is 5.98. The average molecular weight is 220 g/mol. The Kier molecular flexibility index (Phi) is 3.91. The molecule has 2 atom stereocenters. The number of hydrogen-bond donors (Lipinski definition) is 1. The molecule has 2 heterocycles. The van der Waals surface area contributed by atoms with Gasteiger partial charge in [-0.25, -0.2) is 0 Å². The van der Waals surface area contributed by atoms with Gasteiger partial charge in [0.2, 0.25) is 0 Å². The van der Waals surface area contributed by atoms with E-state index >= 15 is 0 Å². The van der Waals surface area contributed by atoms with Gasteiger partial charge in [0.25, 0.3) is 0 Å². The van der Waals surface area contributed by atoms with Crippen molar-refractivity contribution >= 4 is 0 Å². The van der Waals surface area contributed by atoms with Gasteiger partial charge in [0.05, 0.1) is 6.61 Å². The molecule has 1 saturated heterocycles. The van der Waals surface area contributed by atoms with Crippen LogP contribution in [0.2, 0.25) is 0 Å². The first kappa shape index (κ1) is 11.6. The highest BCUT2D eigenvalue weighted by Crippen LogP contribution is 2.17. The van der Waals surface area contributed by atoms with Crippen LogP contribution in [-0.2, 0) is 11.3 Å². The SMILES string of the molecule is Cc1ccncc1CNC(C)C1CCOC1. The van der Waals surface area contributed by atoms with Crippen LogP contribution in [-0.4, -0.2) is 24.2 Å². The number of ether oxygens (including phenoxy) is 1. The summed E-state index contributed by atoms with van der Waals surface area (Å²) in [5, 5.41) is 3.56. The molecule has 3 nitrogen and oxygen atoms in total. The molecular formula is C13H20N2O. The summed E-state index contributed by atoms with van der Waals surface area (Å²) in [5.41, 5.74) is 2.59. The fourth-order valence-corrected chi connectivity index (χ4v) is 2.07. The number of aromatic nitrogens is 1. The summed E-state index contributed by atoms with van der Waals surface area (Å²) < 4.78 is 5.40. The van der Waals surface area contributed by atoms with Crippen molar-refractivity contribution < 1.29 is 4.74 Å². The highest BCUT2D eigenvalue weighted by molar-refractivity contribution is 5.21. The van der Waals surface area contributed by atoms with Crippen molar-refractivity contribution in [3.63, 3.8) is 0 Å². The molecule has 1 aliphatic heterocycles. The normalized spacial score (nSPS) is 22.2. The van der Waals surface area contributed by atoms with Gasteiger partial charge in [0.1, 0.15) is 0 Å². The summed E-state index contributed by atoms with van der Waals surface area (Å²) >= 11 is 0. The van der Waals surface area contributed by atoms with E-state index in [0.717, 1.165) is 19.8 Å². The molecule has 88 valence electrons. The van der Waals surface area contributed by atoms with Gasteiger partial charge in [-0.1, -0.05) is 0 Å². The quantitative estimate of drug-likeness (QED) is 0.841. The summed E-state index contributed by atoms with van der Waals surface area (Å²) in [6.07, 6.45) is 4.97. The number of pyridine rings is 1. The van der Waals surface area contributed by atoms with E-state index in [1.54, 1.807) is 0 Å². The van der Waals surface area contributed by atoms with Crippen LogP contribution in [0.15, 0.2) is 18.5 Å². The van der Waals surface area contributed by atoms with Gasteiger partial charge in [-0.05, 0) is 43.4 Å². The maximum Gasteiger partial charge on any atom is 0.0509 e. The Morgan fingerprint density at radius 3 is 3.19 bits per heavy atom. The van der Waals surface area contributed by atoms with E-state index < -0.39 is 0 Å². The number of aryl methyl sites for hydroxylation is 1. The second kappa shape index (κ2) is 5.41. The lowest BCUT2D eigenvalue weighted by Crippen LogP contribution is -2.33. The highest BCUT2D eigenvalue weighted by Gasteiger charge is 2.21. The van der Waals surface area contributed by atoms with Crippen molar-refractivity contribution in [1.82, 2.24) is 10.3 Å². The zero-order valence-corrected chi connectivity index (χ0v) is 10.1. The molecule has 16 heavy (non-hydrogen) atoms. The van der Waals surface area contributed by atoms with E-state index in [0.29, 0.717) is 12.0 Å². The number of hydrogen-bond acceptors (Lipinski definition) is 3. The van der Waals surface area contributed by atoms with Crippen LogP contribution in [0.3, 0.4) is 0 Å². The van der Waals surface area contributed by atoms with E-state index in [-0.39, 0.29) is 0 Å². The van der Waals surface area contributed by atoms with Crippen molar-refractivity contribution in [3.05, 3.63) is 29.6 Å². The number of nitrogens with zero attached hydrogens (tertiary/aromatic N) is 1. The fourth-order valence-electron chi connectivity index (χ4n) is 2.07. The summed E-state index contributed by atoms with van der Waals surface area (Å²) in [4.78, 5) is 4.16. The van der Waals surface area contributed by atoms with Crippen LogP contribution in [0.4, 0.5) is 0 Å². The second-order valence-corrected chi connectivity index (χ2v) is 4.60. The van der Waals surface area contributed by atoms with Crippen LogP contribution >= 0.6 is 0 Å². The third kappa shape index (κ3) is 2.80. The van der Waals surface area contributed by atoms with Gasteiger partial charge in [-0.15, -0.1) is 0 Å². The summed E-state index contributed by atoms with van der Waals surface area (Å²) in [6.45, 7) is 7.09. The van der Waals surface area contributed by atoms with Crippen molar-refractivity contribution in [3.8, 4) is 0 Å². The minimum absolute atomic E-state index is 0.516. The predicted octanol–water partition coefficient (Wildman–Crippen LogP) is 1.90. The van der Waals surface area contributed by atoms with Gasteiger partial charge in [0.15, 0.2) is 0 Å². The van der Waals surface area contributed by atoms with Gasteiger partial charge in [0, 0.05) is 31.6 Å². The Morgan fingerprint density at radius 2 is 2.50 bits per heavy atom. The molecule has 1 aliphatic rings. The summed E-state index contributed by atoms with van der Waals surface area (Å²) in [7, 11) is 0. The zero-order chi connectivity index (χ0) is 11.4. The maximum atomic E-state index is 5.40. The van der Waals surface area contributed by atoms with E-state index in [1.165, 1.54) is 17.5 Å². The third-order valence-electron chi connectivity index (χ3n) is 3.43. The van der Waals surface area contributed by atoms with Gasteiger partial charge in [-0.3, -0.25) is 4.98 Å². The van der Waals surface area contributed by atoms with Crippen LogP contribution < -0.4 is 5.32 Å². The molecule has 1 aromatic rings. The Balaban J connectivity index is 1.84. The Bertz CT molecular complexity index is 334. The molecule has 0 saturated carbocycles. The molecule has 1 aromatic heterocycles. The van der Waals surface area contributed by atoms with Crippen molar-refractivity contribution in [2.24, 2.45) is 5.92 Å². The topological polar surface area (TPSA) is 34.2 Å². The largest absolute Gasteiger partial charge is 0.381 e. The minimum atomic E-state index is 0.516. The molecule has 0 radical (unpaired) electrons. The van der Waals surface area contributed by atoms with E-state index in [9.17, 15) is 0 Å². The molecule has 1 fully saturated rings. The molecule has 1 N–H and O–H groups in total. The summed E-state index contributed by atoms with van der Waals surface area (Å²) in [6, 6.07) is 2.57. The van der Waals surface area contributed by atoms with E-state index in [4.69, 9.17) is 4.74 Å². The third-order valence-corrected chi connectivity index (χ3v) is 3.43. The zero-order valence-electron chi connectivity index (χ0n) is 10.1. The van der Waals surface area contributed by atoms with Crippen LogP contribution in [0.25, 0.3) is 0 Å². The lowest BCUT2D eigenvalue weighted by atomic mass is 10.0. The van der Waals surface area contributed by atoms with Crippen molar-refractivity contribution in [2.75, 3.05) is 13.2 Å². The molecule has 0 aliphatic carbocycles. The molecule has 0 bridgehead atoms. The first-order chi connectivity index (χ1) is 7.77. The van der Waals surface area contributed by atoms with Crippen molar-refractivity contribution in [2.45, 2.75) is 32.9 Å². The smallest absolute Gasteiger partial charge is 0.0509 e. The molecule has 2 rings (SSSR count). The molecule has 0 spiro atoms. The molecule has 0 aromatic carbocycles. The van der Waals surface area contributed by atoms with Crippen LogP contribution in [0, 0.1) is 12.8 Å². The molecular weight excluding hydrogens is 200 g/mol. The second-order valence-electron chi connectivity index (χ2n) is 4.60. The van der Waals surface area contributed by atoms with E-state index in [1.807, 2.05) is 12.4 Å². The van der Waals surface area contributed by atoms with Crippen LogP contribution in [0.5, 0.6) is 0 Å². The average Bonchev–Trinajstić information content (AvgIpc) is 2.81. The first-order valence-corrected chi connectivity index (χ1v) is 5.98. The monoisotopic (exact) mass is 220 g/mol. The number of nitrogens with one attached hydrogen (secondary N) is 1. The molecule has 2 unspecified atom stereocenters. The standard InChI is InChI=1S/C13H20N2O/c1-10-3-5-14-7-13(10)8-15-11(2)12-4-6-16-9-12/h3,5,7,11-12,15H,4,6,8-9H2,1-2H3. The Hall–Kier alpha value is -0.930. The Morgan fingerprint density at radius 1 is 1.62 bits per heavy atom. The minimum Gasteiger partial charge on any atom is -0.381 e. The van der Waals surface area contributed by atoms with Gasteiger partial charge < -0.3 is 10.1 Å². The van der Waals surface area contributed by atoms with E-state index in [2.05, 4.69) is 30.2 Å². The molecule has 0 amide bonds. The van der Waals surface area contributed by atoms with Crippen LogP contribution in [0.1, 0.15) is 24.5 Å². The maximum absolute atomic E-state index is 5.40. The van der Waals surface area contributed by atoms with Gasteiger partial charge in [-0.2, -0.15) is 0 Å². The molecule has 3 heteroatoms. The highest BCUT2D eigenvalue weighted by atomic mass is 16.5. The fraction of sp³-hybridized carbons (Fsp3) is 0.615. The number of rotatable bonds is 4. The predicted molar refractivity (Wildman–Crippen MR) is 64.2 cm³/mol. The Labute approximate surface area is 97.2 Å². The summed E-state index contributed by atoms with van der Waals surface area (Å²) in [5.74, 6) is 0.664. The van der Waals surface area contributed by atoms with Gasteiger partial charge >= 0.3 is 0 Å². The lowest BCUT2D eigenvalue weighted by Gasteiger charge is -2.19. The lowest BCUT2D eigenvalue weighted by molar-refractivity contribution is 0.178. The van der Waals surface area contributed by atoms with Crippen molar-refractivity contribution in [1.29, 1.82) is 0 Å².